The van der Waals surface area contributed by atoms with Crippen molar-refractivity contribution in [1.82, 2.24) is 9.55 Å². The van der Waals surface area contributed by atoms with Gasteiger partial charge in [-0.2, -0.15) is 4.98 Å². The molecule has 0 aliphatic carbocycles. The summed E-state index contributed by atoms with van der Waals surface area (Å²) in [6.07, 6.45) is -1.71. The molecule has 3 N–H and O–H groups in total. The lowest BCUT2D eigenvalue weighted by Gasteiger charge is -2.25. The highest BCUT2D eigenvalue weighted by atomic mass is 19.1. The summed E-state index contributed by atoms with van der Waals surface area (Å²) in [6.45, 7) is -0.756. The van der Waals surface area contributed by atoms with E-state index in [1.54, 1.807) is 0 Å². The van der Waals surface area contributed by atoms with Crippen molar-refractivity contribution in [3.8, 4) is 0 Å². The van der Waals surface area contributed by atoms with Crippen molar-refractivity contribution in [2.75, 3.05) is 18.9 Å². The first-order chi connectivity index (χ1) is 9.51. The molecule has 0 amide bonds. The van der Waals surface area contributed by atoms with Crippen molar-refractivity contribution in [2.45, 2.75) is 24.4 Å². The molecule has 0 bridgehead atoms. The second-order valence-electron chi connectivity index (χ2n) is 4.50. The Balaban J connectivity index is 2.30. The highest BCUT2D eigenvalue weighted by Gasteiger charge is 2.47. The average Bonchev–Trinajstić information content (AvgIpc) is 2.74. The standard InChI is InChI=1S/C10H13FN6O3/c11-6-3-10(5-18,4-14-16-13)20-8(6)17-2-1-7(12)15-9(17)19/h1-2,6,8,18H,3-5H2,(H2,12,15,19)/t6-,8-,10-/m1/s1. The summed E-state index contributed by atoms with van der Waals surface area (Å²) in [4.78, 5) is 17.7. The van der Waals surface area contributed by atoms with E-state index in [1.807, 2.05) is 0 Å². The lowest BCUT2D eigenvalue weighted by Crippen LogP contribution is -2.37. The van der Waals surface area contributed by atoms with Gasteiger partial charge in [0, 0.05) is 17.5 Å². The lowest BCUT2D eigenvalue weighted by atomic mass is 10.0. The monoisotopic (exact) mass is 284 g/mol. The Morgan fingerprint density at radius 1 is 1.80 bits per heavy atom. The first-order valence-corrected chi connectivity index (χ1v) is 5.79. The number of hydrogen-bond donors (Lipinski definition) is 2. The SMILES string of the molecule is [N-]=[N+]=NC[C@@]1(CO)C[C@@H](F)[C@H](n2ccc(N)nc2=O)O1. The molecule has 1 aromatic rings. The summed E-state index contributed by atoms with van der Waals surface area (Å²) in [5, 5.41) is 12.6. The van der Waals surface area contributed by atoms with Crippen LogP contribution in [0.5, 0.6) is 0 Å². The number of aliphatic hydroxyl groups is 1. The molecular weight excluding hydrogens is 271 g/mol. The highest BCUT2D eigenvalue weighted by molar-refractivity contribution is 5.23. The Bertz CT molecular complexity index is 601. The number of aromatic nitrogens is 2. The zero-order chi connectivity index (χ0) is 14.8. The van der Waals surface area contributed by atoms with Gasteiger partial charge in [0.25, 0.3) is 0 Å². The van der Waals surface area contributed by atoms with E-state index in [0.717, 1.165) is 4.57 Å². The van der Waals surface area contributed by atoms with Gasteiger partial charge in [-0.25, -0.2) is 9.18 Å². The molecule has 1 aliphatic rings. The van der Waals surface area contributed by atoms with Crippen molar-refractivity contribution >= 4 is 5.82 Å². The number of halogens is 1. The van der Waals surface area contributed by atoms with Gasteiger partial charge in [0.1, 0.15) is 17.6 Å². The van der Waals surface area contributed by atoms with Gasteiger partial charge in [-0.1, -0.05) is 5.11 Å². The van der Waals surface area contributed by atoms with Crippen molar-refractivity contribution in [3.63, 3.8) is 0 Å². The molecule has 1 saturated heterocycles. The van der Waals surface area contributed by atoms with E-state index < -0.39 is 30.3 Å². The average molecular weight is 284 g/mol. The number of alkyl halides is 1. The van der Waals surface area contributed by atoms with Crippen molar-refractivity contribution in [3.05, 3.63) is 33.2 Å². The maximum absolute atomic E-state index is 14.1. The molecule has 0 spiro atoms. The third kappa shape index (κ3) is 2.57. The van der Waals surface area contributed by atoms with E-state index in [4.69, 9.17) is 16.0 Å². The van der Waals surface area contributed by atoms with E-state index in [1.165, 1.54) is 12.3 Å². The molecule has 20 heavy (non-hydrogen) atoms. The van der Waals surface area contributed by atoms with Gasteiger partial charge in [0.05, 0.1) is 13.2 Å². The molecule has 2 rings (SSSR count). The van der Waals surface area contributed by atoms with Crippen LogP contribution in [0, 0.1) is 0 Å². The second-order valence-corrected chi connectivity index (χ2v) is 4.50. The third-order valence-corrected chi connectivity index (χ3v) is 3.08. The number of ether oxygens (including phenoxy) is 1. The largest absolute Gasteiger partial charge is 0.393 e. The molecule has 2 heterocycles. The number of nitrogens with zero attached hydrogens (tertiary/aromatic N) is 5. The number of nitrogen functional groups attached to an aromatic ring is 1. The van der Waals surface area contributed by atoms with Crippen LogP contribution in [0.2, 0.25) is 0 Å². The van der Waals surface area contributed by atoms with Gasteiger partial charge < -0.3 is 15.6 Å². The molecule has 10 heteroatoms. The Morgan fingerprint density at radius 3 is 3.15 bits per heavy atom. The van der Waals surface area contributed by atoms with Crippen LogP contribution >= 0.6 is 0 Å². The summed E-state index contributed by atoms with van der Waals surface area (Å²) in [5.41, 5.74) is 11.6. The van der Waals surface area contributed by atoms with Crippen molar-refractivity contribution < 1.29 is 14.2 Å². The normalized spacial score (nSPS) is 29.1. The van der Waals surface area contributed by atoms with Crippen molar-refractivity contribution in [1.29, 1.82) is 0 Å². The van der Waals surface area contributed by atoms with Crippen LogP contribution in [0.1, 0.15) is 12.6 Å². The highest BCUT2D eigenvalue weighted by Crippen LogP contribution is 2.38. The Labute approximate surface area is 112 Å². The molecule has 108 valence electrons. The van der Waals surface area contributed by atoms with Crippen LogP contribution < -0.4 is 11.4 Å². The minimum absolute atomic E-state index is 0.0159. The number of azide groups is 1. The van der Waals surface area contributed by atoms with Crippen LogP contribution in [0.15, 0.2) is 22.2 Å². The van der Waals surface area contributed by atoms with E-state index >= 15 is 0 Å². The summed E-state index contributed by atoms with van der Waals surface area (Å²) in [5.74, 6) is 0.0159. The van der Waals surface area contributed by atoms with Gasteiger partial charge >= 0.3 is 5.69 Å². The maximum Gasteiger partial charge on any atom is 0.351 e. The molecule has 1 aliphatic heterocycles. The minimum Gasteiger partial charge on any atom is -0.393 e. The number of hydrogen-bond acceptors (Lipinski definition) is 6. The van der Waals surface area contributed by atoms with Gasteiger partial charge in [0.15, 0.2) is 6.23 Å². The predicted octanol–water partition coefficient (Wildman–Crippen LogP) is 0.124. The van der Waals surface area contributed by atoms with Crippen LogP contribution in [-0.4, -0.2) is 39.6 Å². The number of anilines is 1. The van der Waals surface area contributed by atoms with E-state index in [9.17, 15) is 14.3 Å². The number of rotatable bonds is 4. The fourth-order valence-corrected chi connectivity index (χ4v) is 2.10. The molecular formula is C10H13FN6O3. The smallest absolute Gasteiger partial charge is 0.351 e. The summed E-state index contributed by atoms with van der Waals surface area (Å²) >= 11 is 0. The molecule has 0 radical (unpaired) electrons. The molecule has 3 atom stereocenters. The topological polar surface area (TPSA) is 139 Å². The van der Waals surface area contributed by atoms with Crippen LogP contribution in [-0.2, 0) is 4.74 Å². The fraction of sp³-hybridized carbons (Fsp3) is 0.600. The third-order valence-electron chi connectivity index (χ3n) is 3.08. The van der Waals surface area contributed by atoms with Crippen molar-refractivity contribution in [2.24, 2.45) is 5.11 Å². The summed E-state index contributed by atoms with van der Waals surface area (Å²) in [7, 11) is 0. The number of aliphatic hydroxyl groups excluding tert-OH is 1. The van der Waals surface area contributed by atoms with Crippen LogP contribution in [0.25, 0.3) is 10.4 Å². The molecule has 0 unspecified atom stereocenters. The molecule has 0 saturated carbocycles. The fourth-order valence-electron chi connectivity index (χ4n) is 2.10. The zero-order valence-electron chi connectivity index (χ0n) is 10.4. The van der Waals surface area contributed by atoms with Crippen LogP contribution in [0.4, 0.5) is 10.2 Å². The van der Waals surface area contributed by atoms with Gasteiger partial charge in [-0.15, -0.1) is 0 Å². The first kappa shape index (κ1) is 14.3. The van der Waals surface area contributed by atoms with E-state index in [-0.39, 0.29) is 18.8 Å². The summed E-state index contributed by atoms with van der Waals surface area (Å²) in [6, 6.07) is 1.34. The molecule has 1 aromatic heterocycles. The zero-order valence-corrected chi connectivity index (χ0v) is 10.4. The first-order valence-electron chi connectivity index (χ1n) is 5.79. The van der Waals surface area contributed by atoms with Gasteiger partial charge in [-0.05, 0) is 11.6 Å². The molecule has 0 aromatic carbocycles. The van der Waals surface area contributed by atoms with E-state index in [0.29, 0.717) is 0 Å². The predicted molar refractivity (Wildman–Crippen MR) is 66.4 cm³/mol. The Kier molecular flexibility index (Phi) is 3.89. The number of nitrogens with two attached hydrogens (primary N) is 1. The quantitative estimate of drug-likeness (QED) is 0.459. The maximum atomic E-state index is 14.1. The van der Waals surface area contributed by atoms with Gasteiger partial charge in [-0.3, -0.25) is 4.57 Å². The van der Waals surface area contributed by atoms with Gasteiger partial charge in [0.2, 0.25) is 0 Å². The Hall–Kier alpha value is -2.16. The molecule has 1 fully saturated rings. The lowest BCUT2D eigenvalue weighted by molar-refractivity contribution is -0.0998. The van der Waals surface area contributed by atoms with E-state index in [2.05, 4.69) is 15.0 Å². The Morgan fingerprint density at radius 2 is 2.55 bits per heavy atom. The molecule has 9 nitrogen and oxygen atoms in total. The minimum atomic E-state index is -1.54. The summed E-state index contributed by atoms with van der Waals surface area (Å²) < 4.78 is 20.4. The second kappa shape index (κ2) is 5.45. The van der Waals surface area contributed by atoms with Crippen LogP contribution in [0.3, 0.4) is 0 Å².